The smallest absolute Gasteiger partial charge is 0.225 e. The first-order valence-electron chi connectivity index (χ1n) is 6.73. The van der Waals surface area contributed by atoms with Crippen molar-refractivity contribution < 1.29 is 4.74 Å². The van der Waals surface area contributed by atoms with E-state index in [9.17, 15) is 0 Å². The van der Waals surface area contributed by atoms with E-state index in [-0.39, 0.29) is 5.28 Å². The maximum absolute atomic E-state index is 6.12. The van der Waals surface area contributed by atoms with Gasteiger partial charge in [-0.1, -0.05) is 0 Å². The summed E-state index contributed by atoms with van der Waals surface area (Å²) in [6.07, 6.45) is 4.68. The molecule has 0 radical (unpaired) electrons. The Hall–Kier alpha value is -1.66. The fraction of sp³-hybridized carbons (Fsp3) is 0.462. The summed E-state index contributed by atoms with van der Waals surface area (Å²) in [5.41, 5.74) is 2.01. The number of hydrogen-bond acceptors (Lipinski definition) is 5. The minimum absolute atomic E-state index is 0.279. The summed E-state index contributed by atoms with van der Waals surface area (Å²) in [5.74, 6) is 1.82. The minimum Gasteiger partial charge on any atom is -0.378 e. The van der Waals surface area contributed by atoms with E-state index in [1.165, 1.54) is 0 Å². The Balaban J connectivity index is 1.85. The molecule has 7 heteroatoms. The molecule has 0 aliphatic carbocycles. The Bertz CT molecular complexity index is 650. The number of morpholine rings is 1. The highest BCUT2D eigenvalue weighted by molar-refractivity contribution is 6.28. The van der Waals surface area contributed by atoms with Crippen molar-refractivity contribution in [2.75, 3.05) is 31.2 Å². The molecule has 0 atom stereocenters. The van der Waals surface area contributed by atoms with Gasteiger partial charge >= 0.3 is 0 Å². The van der Waals surface area contributed by atoms with E-state index < -0.39 is 0 Å². The average Bonchev–Trinajstić information content (AvgIpc) is 2.96. The number of aromatic nitrogens is 4. The van der Waals surface area contributed by atoms with Crippen molar-refractivity contribution in [2.24, 2.45) is 0 Å². The van der Waals surface area contributed by atoms with Crippen LogP contribution in [-0.4, -0.2) is 45.8 Å². The quantitative estimate of drug-likeness (QED) is 0.743. The molecular weight excluding hydrogens is 278 g/mol. The van der Waals surface area contributed by atoms with Crippen molar-refractivity contribution in [3.8, 4) is 11.5 Å². The van der Waals surface area contributed by atoms with Crippen LogP contribution in [0.5, 0.6) is 0 Å². The van der Waals surface area contributed by atoms with Crippen LogP contribution in [0.2, 0.25) is 5.28 Å². The molecule has 4 rings (SSSR count). The van der Waals surface area contributed by atoms with E-state index in [0.29, 0.717) is 0 Å². The Morgan fingerprint density at radius 2 is 2.00 bits per heavy atom. The zero-order chi connectivity index (χ0) is 13.5. The highest BCUT2D eigenvalue weighted by atomic mass is 35.5. The fourth-order valence-corrected chi connectivity index (χ4v) is 3.00. The van der Waals surface area contributed by atoms with Gasteiger partial charge in [0.15, 0.2) is 5.82 Å². The Kier molecular flexibility index (Phi) is 2.85. The largest absolute Gasteiger partial charge is 0.378 e. The van der Waals surface area contributed by atoms with Gasteiger partial charge in [0, 0.05) is 37.6 Å². The van der Waals surface area contributed by atoms with Gasteiger partial charge in [-0.25, -0.2) is 15.0 Å². The minimum atomic E-state index is 0.279. The molecule has 0 aromatic carbocycles. The van der Waals surface area contributed by atoms with E-state index in [2.05, 4.69) is 24.4 Å². The molecule has 0 amide bonds. The van der Waals surface area contributed by atoms with Crippen molar-refractivity contribution in [2.45, 2.75) is 13.0 Å². The van der Waals surface area contributed by atoms with Crippen molar-refractivity contribution in [1.29, 1.82) is 0 Å². The lowest BCUT2D eigenvalue weighted by Gasteiger charge is -2.31. The van der Waals surface area contributed by atoms with Crippen LogP contribution in [0.25, 0.3) is 11.5 Å². The summed E-state index contributed by atoms with van der Waals surface area (Å²) in [7, 11) is 0. The van der Waals surface area contributed by atoms with E-state index in [1.807, 2.05) is 6.20 Å². The number of rotatable bonds is 1. The van der Waals surface area contributed by atoms with E-state index in [0.717, 1.165) is 62.2 Å². The van der Waals surface area contributed by atoms with Crippen molar-refractivity contribution in [1.82, 2.24) is 19.5 Å². The van der Waals surface area contributed by atoms with E-state index in [4.69, 9.17) is 16.3 Å². The molecule has 104 valence electrons. The number of hydrogen-bond donors (Lipinski definition) is 0. The maximum atomic E-state index is 6.12. The molecule has 0 bridgehead atoms. The van der Waals surface area contributed by atoms with Crippen LogP contribution in [0, 0.1) is 0 Å². The van der Waals surface area contributed by atoms with Gasteiger partial charge in [-0.3, -0.25) is 0 Å². The first-order valence-corrected chi connectivity index (χ1v) is 7.11. The van der Waals surface area contributed by atoms with Gasteiger partial charge in [0.05, 0.1) is 13.2 Å². The van der Waals surface area contributed by atoms with Gasteiger partial charge in [0.2, 0.25) is 5.28 Å². The summed E-state index contributed by atoms with van der Waals surface area (Å²) in [4.78, 5) is 15.5. The first kappa shape index (κ1) is 12.1. The highest BCUT2D eigenvalue weighted by Gasteiger charge is 2.26. The molecular formula is C13H14ClN5O. The molecule has 2 aromatic rings. The third-order valence-electron chi connectivity index (χ3n) is 3.80. The molecule has 2 aliphatic rings. The zero-order valence-electron chi connectivity index (χ0n) is 10.9. The normalized spacial score (nSPS) is 17.8. The number of aryl methyl sites for hydroxylation is 1. The van der Waals surface area contributed by atoms with Gasteiger partial charge in [-0.05, 0) is 18.0 Å². The Morgan fingerprint density at radius 1 is 1.15 bits per heavy atom. The predicted molar refractivity (Wildman–Crippen MR) is 75.0 cm³/mol. The van der Waals surface area contributed by atoms with Gasteiger partial charge < -0.3 is 14.2 Å². The molecule has 1 saturated heterocycles. The lowest BCUT2D eigenvalue weighted by atomic mass is 10.1. The fourth-order valence-electron chi connectivity index (χ4n) is 2.84. The maximum Gasteiger partial charge on any atom is 0.225 e. The highest BCUT2D eigenvalue weighted by Crippen LogP contribution is 2.33. The number of anilines is 1. The lowest BCUT2D eigenvalue weighted by molar-refractivity contribution is 0.122. The van der Waals surface area contributed by atoms with Crippen LogP contribution in [-0.2, 0) is 17.7 Å². The van der Waals surface area contributed by atoms with Gasteiger partial charge in [-0.2, -0.15) is 0 Å². The second kappa shape index (κ2) is 4.71. The van der Waals surface area contributed by atoms with Crippen LogP contribution in [0.15, 0.2) is 12.4 Å². The summed E-state index contributed by atoms with van der Waals surface area (Å²) >= 11 is 6.12. The molecule has 2 aliphatic heterocycles. The average molecular weight is 292 g/mol. The second-order valence-corrected chi connectivity index (χ2v) is 5.28. The van der Waals surface area contributed by atoms with Crippen molar-refractivity contribution in [3.63, 3.8) is 0 Å². The molecule has 0 unspecified atom stereocenters. The topological polar surface area (TPSA) is 56.1 Å². The summed E-state index contributed by atoms with van der Waals surface area (Å²) in [6, 6.07) is 0. The van der Waals surface area contributed by atoms with Crippen LogP contribution >= 0.6 is 11.6 Å². The van der Waals surface area contributed by atoms with Crippen molar-refractivity contribution in [3.05, 3.63) is 23.2 Å². The first-order chi connectivity index (χ1) is 9.83. The number of imidazole rings is 1. The zero-order valence-corrected chi connectivity index (χ0v) is 11.7. The SMILES string of the molecule is Clc1nc2c(c(N3CCOCC3)n1)CCn1ccnc1-2. The van der Waals surface area contributed by atoms with Gasteiger partial charge in [-0.15, -0.1) is 0 Å². The summed E-state index contributed by atoms with van der Waals surface area (Å²) in [6.45, 7) is 4.04. The van der Waals surface area contributed by atoms with E-state index >= 15 is 0 Å². The summed E-state index contributed by atoms with van der Waals surface area (Å²) in [5, 5.41) is 0.279. The summed E-state index contributed by atoms with van der Waals surface area (Å²) < 4.78 is 7.51. The lowest BCUT2D eigenvalue weighted by Crippen LogP contribution is -2.38. The Labute approximate surface area is 121 Å². The molecule has 0 saturated carbocycles. The molecule has 1 fully saturated rings. The van der Waals surface area contributed by atoms with Crippen LogP contribution in [0.3, 0.4) is 0 Å². The molecule has 0 N–H and O–H groups in total. The molecule has 0 spiro atoms. The third kappa shape index (κ3) is 1.87. The standard InChI is InChI=1S/C13H14ClN5O/c14-13-16-10-9(1-3-18-4-2-15-12(10)18)11(17-13)19-5-7-20-8-6-19/h2,4H,1,3,5-8H2. The van der Waals surface area contributed by atoms with Gasteiger partial charge in [0.25, 0.3) is 0 Å². The molecule has 2 aromatic heterocycles. The van der Waals surface area contributed by atoms with Crippen molar-refractivity contribution >= 4 is 17.4 Å². The van der Waals surface area contributed by atoms with E-state index in [1.54, 1.807) is 6.20 Å². The monoisotopic (exact) mass is 291 g/mol. The molecule has 6 nitrogen and oxygen atoms in total. The Morgan fingerprint density at radius 3 is 2.85 bits per heavy atom. The van der Waals surface area contributed by atoms with Crippen LogP contribution < -0.4 is 4.90 Å². The molecule has 4 heterocycles. The van der Waals surface area contributed by atoms with Crippen LogP contribution in [0.4, 0.5) is 5.82 Å². The third-order valence-corrected chi connectivity index (χ3v) is 3.97. The van der Waals surface area contributed by atoms with Crippen LogP contribution in [0.1, 0.15) is 5.56 Å². The number of ether oxygens (including phenoxy) is 1. The molecule has 20 heavy (non-hydrogen) atoms. The number of nitrogens with zero attached hydrogens (tertiary/aromatic N) is 5. The second-order valence-electron chi connectivity index (χ2n) is 4.94. The van der Waals surface area contributed by atoms with Gasteiger partial charge in [0.1, 0.15) is 11.5 Å². The number of halogens is 1. The predicted octanol–water partition coefficient (Wildman–Crippen LogP) is 1.39. The number of fused-ring (bicyclic) bond motifs is 3.